The summed E-state index contributed by atoms with van der Waals surface area (Å²) < 4.78 is 49.1. The summed E-state index contributed by atoms with van der Waals surface area (Å²) in [6.07, 6.45) is -2.93. The standard InChI is InChI=1S/C20H17F3N4O3S/c21-20(22,23)13-4-1-3-12(9-13)10-26-19(29)27-15-6-8-31-16(15)17(28)25(18(27)24-26)11-14-5-2-7-30-14/h1,3-4,6,8-9,14H,2,5,7,10-11H2. The van der Waals surface area contributed by atoms with Gasteiger partial charge in [-0.3, -0.25) is 9.36 Å². The summed E-state index contributed by atoms with van der Waals surface area (Å²) in [6.45, 7) is 0.730. The van der Waals surface area contributed by atoms with E-state index in [0.717, 1.165) is 29.7 Å². The fraction of sp³-hybridized carbons (Fsp3) is 0.350. The van der Waals surface area contributed by atoms with Gasteiger partial charge in [-0.2, -0.15) is 13.2 Å². The van der Waals surface area contributed by atoms with E-state index in [9.17, 15) is 22.8 Å². The second-order valence-corrected chi connectivity index (χ2v) is 8.38. The van der Waals surface area contributed by atoms with Crippen LogP contribution in [0.2, 0.25) is 0 Å². The summed E-state index contributed by atoms with van der Waals surface area (Å²) in [7, 11) is 0. The molecule has 1 saturated heterocycles. The van der Waals surface area contributed by atoms with Crippen LogP contribution in [0.4, 0.5) is 13.2 Å². The molecule has 31 heavy (non-hydrogen) atoms. The number of nitrogens with zero attached hydrogens (tertiary/aromatic N) is 4. The van der Waals surface area contributed by atoms with Gasteiger partial charge in [-0.1, -0.05) is 12.1 Å². The second kappa shape index (κ2) is 7.34. The van der Waals surface area contributed by atoms with Crippen LogP contribution in [0.5, 0.6) is 0 Å². The van der Waals surface area contributed by atoms with Gasteiger partial charge in [-0.15, -0.1) is 16.4 Å². The summed E-state index contributed by atoms with van der Waals surface area (Å²) >= 11 is 1.23. The molecule has 1 fully saturated rings. The van der Waals surface area contributed by atoms with Crippen LogP contribution in [-0.4, -0.2) is 31.5 Å². The second-order valence-electron chi connectivity index (χ2n) is 7.46. The van der Waals surface area contributed by atoms with Crippen LogP contribution in [0.15, 0.2) is 45.3 Å². The zero-order chi connectivity index (χ0) is 21.8. The molecule has 0 saturated carbocycles. The van der Waals surface area contributed by atoms with E-state index in [1.807, 2.05) is 0 Å². The number of alkyl halides is 3. The first kappa shape index (κ1) is 20.0. The Hall–Kier alpha value is -2.92. The van der Waals surface area contributed by atoms with Gasteiger partial charge in [0.05, 0.1) is 30.3 Å². The van der Waals surface area contributed by atoms with Crippen molar-refractivity contribution in [2.75, 3.05) is 6.61 Å². The highest BCUT2D eigenvalue weighted by molar-refractivity contribution is 7.17. The van der Waals surface area contributed by atoms with Crippen molar-refractivity contribution in [3.05, 3.63) is 67.7 Å². The highest BCUT2D eigenvalue weighted by atomic mass is 32.1. The predicted molar refractivity (Wildman–Crippen MR) is 109 cm³/mol. The number of hydrogen-bond acceptors (Lipinski definition) is 5. The monoisotopic (exact) mass is 450 g/mol. The molecule has 3 aromatic heterocycles. The first-order valence-corrected chi connectivity index (χ1v) is 10.6. The average molecular weight is 450 g/mol. The molecule has 0 amide bonds. The minimum absolute atomic E-state index is 0.149. The molecule has 11 heteroatoms. The third kappa shape index (κ3) is 3.47. The van der Waals surface area contributed by atoms with Gasteiger partial charge in [0, 0.05) is 6.61 Å². The summed E-state index contributed by atoms with van der Waals surface area (Å²) in [5.41, 5.74) is -0.845. The van der Waals surface area contributed by atoms with Crippen molar-refractivity contribution in [2.45, 2.75) is 38.2 Å². The molecular formula is C20H17F3N4O3S. The lowest BCUT2D eigenvalue weighted by atomic mass is 10.1. The molecule has 1 unspecified atom stereocenters. The van der Waals surface area contributed by atoms with E-state index in [1.165, 1.54) is 32.4 Å². The molecule has 1 aliphatic heterocycles. The van der Waals surface area contributed by atoms with Crippen molar-refractivity contribution >= 4 is 27.3 Å². The van der Waals surface area contributed by atoms with Crippen molar-refractivity contribution in [3.8, 4) is 0 Å². The Bertz CT molecular complexity index is 1390. The highest BCUT2D eigenvalue weighted by Crippen LogP contribution is 2.29. The van der Waals surface area contributed by atoms with Crippen molar-refractivity contribution in [3.63, 3.8) is 0 Å². The molecule has 1 atom stereocenters. The molecule has 4 heterocycles. The summed E-state index contributed by atoms with van der Waals surface area (Å²) in [4.78, 5) is 26.2. The van der Waals surface area contributed by atoms with Crippen LogP contribution < -0.4 is 11.2 Å². The zero-order valence-electron chi connectivity index (χ0n) is 16.1. The maximum Gasteiger partial charge on any atom is 0.416 e. The fourth-order valence-electron chi connectivity index (χ4n) is 3.91. The maximum atomic E-state index is 13.1. The van der Waals surface area contributed by atoms with Gasteiger partial charge in [0.15, 0.2) is 0 Å². The fourth-order valence-corrected chi connectivity index (χ4v) is 4.74. The molecule has 7 nitrogen and oxygen atoms in total. The van der Waals surface area contributed by atoms with Crippen molar-refractivity contribution in [1.29, 1.82) is 0 Å². The number of benzene rings is 1. The molecule has 1 aromatic carbocycles. The minimum Gasteiger partial charge on any atom is -0.376 e. The van der Waals surface area contributed by atoms with E-state index >= 15 is 0 Å². The zero-order valence-corrected chi connectivity index (χ0v) is 16.9. The van der Waals surface area contributed by atoms with E-state index in [1.54, 1.807) is 11.4 Å². The van der Waals surface area contributed by atoms with Gasteiger partial charge in [0.1, 0.15) is 4.70 Å². The maximum absolute atomic E-state index is 13.1. The van der Waals surface area contributed by atoms with Gasteiger partial charge < -0.3 is 4.74 Å². The lowest BCUT2D eigenvalue weighted by molar-refractivity contribution is -0.137. The summed E-state index contributed by atoms with van der Waals surface area (Å²) in [6, 6.07) is 6.44. The Morgan fingerprint density at radius 2 is 2.06 bits per heavy atom. The number of thiophene rings is 1. The van der Waals surface area contributed by atoms with E-state index in [2.05, 4.69) is 5.10 Å². The number of rotatable bonds is 4. The summed E-state index contributed by atoms with van der Waals surface area (Å²) in [5.74, 6) is 0.156. The van der Waals surface area contributed by atoms with E-state index in [4.69, 9.17) is 4.74 Å². The molecule has 162 valence electrons. The van der Waals surface area contributed by atoms with Crippen molar-refractivity contribution < 1.29 is 17.9 Å². The Kier molecular flexibility index (Phi) is 4.74. The first-order chi connectivity index (χ1) is 14.8. The van der Waals surface area contributed by atoms with Gasteiger partial charge in [-0.05, 0) is 42.0 Å². The Balaban J connectivity index is 1.65. The van der Waals surface area contributed by atoms with E-state index in [0.29, 0.717) is 16.8 Å². The quantitative estimate of drug-likeness (QED) is 0.479. The van der Waals surface area contributed by atoms with Crippen molar-refractivity contribution in [1.82, 2.24) is 18.7 Å². The molecule has 0 N–H and O–H groups in total. The first-order valence-electron chi connectivity index (χ1n) is 9.70. The molecule has 0 radical (unpaired) electrons. The van der Waals surface area contributed by atoms with Crippen LogP contribution in [0, 0.1) is 0 Å². The lowest BCUT2D eigenvalue weighted by Gasteiger charge is -2.12. The van der Waals surface area contributed by atoms with Gasteiger partial charge in [0.2, 0.25) is 5.78 Å². The Labute approximate surface area is 176 Å². The van der Waals surface area contributed by atoms with Gasteiger partial charge >= 0.3 is 11.9 Å². The average Bonchev–Trinajstić information content (AvgIpc) is 3.46. The SMILES string of the molecule is O=c1c2sccc2n2c(=O)n(Cc3cccc(C(F)(F)F)c3)nc2n1CC1CCCO1. The third-order valence-electron chi connectivity index (χ3n) is 5.39. The molecule has 0 aliphatic carbocycles. The van der Waals surface area contributed by atoms with E-state index in [-0.39, 0.29) is 36.1 Å². The van der Waals surface area contributed by atoms with Gasteiger partial charge in [-0.25, -0.2) is 13.9 Å². The normalized spacial score (nSPS) is 17.2. The predicted octanol–water partition coefficient (Wildman–Crippen LogP) is 3.12. The molecular weight excluding hydrogens is 433 g/mol. The number of hydrogen-bond donors (Lipinski definition) is 0. The third-order valence-corrected chi connectivity index (χ3v) is 6.28. The minimum atomic E-state index is -4.48. The number of ether oxygens (including phenoxy) is 1. The number of aromatic nitrogens is 4. The van der Waals surface area contributed by atoms with Crippen LogP contribution >= 0.6 is 11.3 Å². The van der Waals surface area contributed by atoms with Crippen LogP contribution in [-0.2, 0) is 24.0 Å². The highest BCUT2D eigenvalue weighted by Gasteiger charge is 2.30. The van der Waals surface area contributed by atoms with E-state index < -0.39 is 17.4 Å². The smallest absolute Gasteiger partial charge is 0.376 e. The molecule has 0 bridgehead atoms. The molecule has 1 aliphatic rings. The van der Waals surface area contributed by atoms with Crippen LogP contribution in [0.3, 0.4) is 0 Å². The Morgan fingerprint density at radius 3 is 2.81 bits per heavy atom. The van der Waals surface area contributed by atoms with Crippen LogP contribution in [0.25, 0.3) is 16.0 Å². The molecule has 5 rings (SSSR count). The Morgan fingerprint density at radius 1 is 1.23 bits per heavy atom. The molecule has 4 aromatic rings. The summed E-state index contributed by atoms with van der Waals surface area (Å²) in [5, 5.41) is 6.05. The van der Waals surface area contributed by atoms with Crippen LogP contribution in [0.1, 0.15) is 24.0 Å². The topological polar surface area (TPSA) is 70.5 Å². The number of fused-ring (bicyclic) bond motifs is 3. The molecule has 0 spiro atoms. The van der Waals surface area contributed by atoms with Crippen molar-refractivity contribution in [2.24, 2.45) is 0 Å². The largest absolute Gasteiger partial charge is 0.416 e. The lowest BCUT2D eigenvalue weighted by Crippen LogP contribution is -2.29. The van der Waals surface area contributed by atoms with Gasteiger partial charge in [0.25, 0.3) is 5.56 Å². The number of halogens is 3.